The molecule has 6 heteroatoms. The summed E-state index contributed by atoms with van der Waals surface area (Å²) in [5, 5.41) is 11.9. The van der Waals surface area contributed by atoms with Crippen LogP contribution < -0.4 is 5.32 Å². The lowest BCUT2D eigenvalue weighted by molar-refractivity contribution is 0.0587. The Morgan fingerprint density at radius 1 is 1.61 bits per heavy atom. The van der Waals surface area contributed by atoms with Crippen LogP contribution in [0.2, 0.25) is 0 Å². The molecule has 0 fully saturated rings. The van der Waals surface area contributed by atoms with Crippen LogP contribution in [0.15, 0.2) is 22.7 Å². The third-order valence-corrected chi connectivity index (χ3v) is 2.79. The van der Waals surface area contributed by atoms with Gasteiger partial charge in [0.2, 0.25) is 0 Å². The summed E-state index contributed by atoms with van der Waals surface area (Å²) >= 11 is 3.12. The molecule has 2 N–H and O–H groups in total. The first-order chi connectivity index (χ1) is 8.54. The number of ether oxygens (including phenoxy) is 1. The number of aliphatic hydroxyl groups is 1. The van der Waals surface area contributed by atoms with Gasteiger partial charge in [-0.1, -0.05) is 15.9 Å². The molecule has 0 saturated heterocycles. The van der Waals surface area contributed by atoms with Gasteiger partial charge in [0.15, 0.2) is 0 Å². The number of hydrogen-bond donors (Lipinski definition) is 2. The maximum Gasteiger partial charge on any atom is 0.254 e. The van der Waals surface area contributed by atoms with Gasteiger partial charge in [0, 0.05) is 18.1 Å². The average molecular weight is 320 g/mol. The Kier molecular flexibility index (Phi) is 6.24. The smallest absolute Gasteiger partial charge is 0.254 e. The molecule has 18 heavy (non-hydrogen) atoms. The van der Waals surface area contributed by atoms with Crippen molar-refractivity contribution in [3.63, 3.8) is 0 Å². The van der Waals surface area contributed by atoms with E-state index in [1.807, 2.05) is 0 Å². The maximum absolute atomic E-state index is 13.4. The quantitative estimate of drug-likeness (QED) is 0.839. The zero-order valence-electron chi connectivity index (χ0n) is 9.95. The fraction of sp³-hybridized carbons (Fsp3) is 0.417. The molecule has 0 aromatic heterocycles. The summed E-state index contributed by atoms with van der Waals surface area (Å²) < 4.78 is 18.8. The molecule has 0 spiro atoms. The molecule has 1 rings (SSSR count). The molecule has 0 bridgehead atoms. The third kappa shape index (κ3) is 4.72. The summed E-state index contributed by atoms with van der Waals surface area (Å²) in [6, 6.07) is 4.23. The second kappa shape index (κ2) is 7.45. The molecule has 0 aliphatic heterocycles. The lowest BCUT2D eigenvalue weighted by Gasteiger charge is -2.10. The molecule has 1 unspecified atom stereocenters. The van der Waals surface area contributed by atoms with Crippen molar-refractivity contribution >= 4 is 21.8 Å². The van der Waals surface area contributed by atoms with Crippen molar-refractivity contribution in [1.29, 1.82) is 0 Å². The number of amides is 1. The number of carbonyl (C=O) groups excluding carboxylic acids is 1. The number of nitrogens with one attached hydrogen (secondary N) is 1. The molecule has 100 valence electrons. The Labute approximate surface area is 113 Å². The van der Waals surface area contributed by atoms with Crippen LogP contribution in [0.25, 0.3) is 0 Å². The van der Waals surface area contributed by atoms with Gasteiger partial charge < -0.3 is 15.2 Å². The van der Waals surface area contributed by atoms with Gasteiger partial charge in [0.05, 0.1) is 18.3 Å². The summed E-state index contributed by atoms with van der Waals surface area (Å²) in [5.41, 5.74) is -0.0144. The average Bonchev–Trinajstić information content (AvgIpc) is 2.29. The molecule has 0 aliphatic rings. The number of methoxy groups -OCH3 is 1. The van der Waals surface area contributed by atoms with Crippen molar-refractivity contribution in [1.82, 2.24) is 5.32 Å². The highest BCUT2D eigenvalue weighted by atomic mass is 79.9. The van der Waals surface area contributed by atoms with Gasteiger partial charge in [0.1, 0.15) is 5.82 Å². The van der Waals surface area contributed by atoms with Crippen LogP contribution in [0.4, 0.5) is 4.39 Å². The fourth-order valence-electron chi connectivity index (χ4n) is 1.40. The molecule has 0 heterocycles. The summed E-state index contributed by atoms with van der Waals surface area (Å²) in [7, 11) is 1.49. The molecular formula is C12H15BrFNO3. The number of hydrogen-bond acceptors (Lipinski definition) is 3. The van der Waals surface area contributed by atoms with Gasteiger partial charge in [-0.3, -0.25) is 4.79 Å². The Balaban J connectivity index is 2.45. The SMILES string of the molecule is COCC(O)CCNC(=O)c1ccc(Br)cc1F. The van der Waals surface area contributed by atoms with Crippen molar-refractivity contribution in [3.05, 3.63) is 34.1 Å². The molecule has 1 aromatic carbocycles. The zero-order valence-corrected chi connectivity index (χ0v) is 11.5. The highest BCUT2D eigenvalue weighted by Gasteiger charge is 2.12. The monoisotopic (exact) mass is 319 g/mol. The second-order valence-corrected chi connectivity index (χ2v) is 4.69. The number of aliphatic hydroxyl groups excluding tert-OH is 1. The number of benzene rings is 1. The number of rotatable bonds is 6. The van der Waals surface area contributed by atoms with Gasteiger partial charge in [0.25, 0.3) is 5.91 Å². The molecule has 1 atom stereocenters. The summed E-state index contributed by atoms with van der Waals surface area (Å²) in [5.74, 6) is -1.08. The highest BCUT2D eigenvalue weighted by Crippen LogP contribution is 2.15. The Hall–Kier alpha value is -0.980. The minimum Gasteiger partial charge on any atom is -0.391 e. The predicted octanol–water partition coefficient (Wildman–Crippen LogP) is 1.72. The van der Waals surface area contributed by atoms with Gasteiger partial charge in [-0.25, -0.2) is 4.39 Å². The normalized spacial score (nSPS) is 12.2. The van der Waals surface area contributed by atoms with Crippen LogP contribution >= 0.6 is 15.9 Å². The molecule has 0 radical (unpaired) electrons. The van der Waals surface area contributed by atoms with Gasteiger partial charge in [-0.15, -0.1) is 0 Å². The van der Waals surface area contributed by atoms with Crippen molar-refractivity contribution in [3.8, 4) is 0 Å². The Morgan fingerprint density at radius 2 is 2.33 bits per heavy atom. The number of halogens is 2. The van der Waals surface area contributed by atoms with Crippen molar-refractivity contribution in [2.24, 2.45) is 0 Å². The van der Waals surface area contributed by atoms with E-state index in [2.05, 4.69) is 21.2 Å². The van der Waals surface area contributed by atoms with Gasteiger partial charge in [-0.2, -0.15) is 0 Å². The maximum atomic E-state index is 13.4. The van der Waals surface area contributed by atoms with E-state index in [9.17, 15) is 14.3 Å². The lowest BCUT2D eigenvalue weighted by Crippen LogP contribution is -2.29. The largest absolute Gasteiger partial charge is 0.391 e. The molecule has 0 aliphatic carbocycles. The van der Waals surface area contributed by atoms with Crippen LogP contribution in [0.3, 0.4) is 0 Å². The van der Waals surface area contributed by atoms with Gasteiger partial charge in [-0.05, 0) is 24.6 Å². The first-order valence-electron chi connectivity index (χ1n) is 5.45. The third-order valence-electron chi connectivity index (χ3n) is 2.30. The first kappa shape index (κ1) is 15.1. The molecule has 1 aromatic rings. The van der Waals surface area contributed by atoms with Crippen LogP contribution in [0.1, 0.15) is 16.8 Å². The van der Waals surface area contributed by atoms with E-state index >= 15 is 0 Å². The van der Waals surface area contributed by atoms with Crippen molar-refractivity contribution in [2.75, 3.05) is 20.3 Å². The summed E-state index contributed by atoms with van der Waals surface area (Å²) in [4.78, 5) is 11.6. The van der Waals surface area contributed by atoms with E-state index in [0.29, 0.717) is 10.9 Å². The lowest BCUT2D eigenvalue weighted by atomic mass is 10.2. The Morgan fingerprint density at radius 3 is 2.94 bits per heavy atom. The fourth-order valence-corrected chi connectivity index (χ4v) is 1.73. The Bertz CT molecular complexity index is 414. The minimum absolute atomic E-state index is 0.0144. The van der Waals surface area contributed by atoms with E-state index in [-0.39, 0.29) is 18.7 Å². The van der Waals surface area contributed by atoms with E-state index in [0.717, 1.165) is 0 Å². The second-order valence-electron chi connectivity index (χ2n) is 3.78. The van der Waals surface area contributed by atoms with Crippen LogP contribution in [0.5, 0.6) is 0 Å². The summed E-state index contributed by atoms with van der Waals surface area (Å²) in [6.45, 7) is 0.474. The topological polar surface area (TPSA) is 58.6 Å². The van der Waals surface area contributed by atoms with E-state index in [1.54, 1.807) is 6.07 Å². The van der Waals surface area contributed by atoms with Crippen molar-refractivity contribution in [2.45, 2.75) is 12.5 Å². The van der Waals surface area contributed by atoms with E-state index in [1.165, 1.54) is 19.2 Å². The van der Waals surface area contributed by atoms with E-state index < -0.39 is 17.8 Å². The van der Waals surface area contributed by atoms with Crippen LogP contribution in [-0.4, -0.2) is 37.4 Å². The molecule has 4 nitrogen and oxygen atoms in total. The molecule has 0 saturated carbocycles. The van der Waals surface area contributed by atoms with Crippen molar-refractivity contribution < 1.29 is 19.0 Å². The first-order valence-corrected chi connectivity index (χ1v) is 6.24. The molecular weight excluding hydrogens is 305 g/mol. The van der Waals surface area contributed by atoms with Crippen LogP contribution in [0, 0.1) is 5.82 Å². The number of carbonyl (C=O) groups is 1. The molecule has 1 amide bonds. The summed E-state index contributed by atoms with van der Waals surface area (Å²) in [6.07, 6.45) is -0.275. The van der Waals surface area contributed by atoms with E-state index in [4.69, 9.17) is 4.74 Å². The predicted molar refractivity (Wildman–Crippen MR) is 68.9 cm³/mol. The van der Waals surface area contributed by atoms with Gasteiger partial charge >= 0.3 is 0 Å². The highest BCUT2D eigenvalue weighted by molar-refractivity contribution is 9.10. The zero-order chi connectivity index (χ0) is 13.5. The minimum atomic E-state index is -0.634. The van der Waals surface area contributed by atoms with Crippen LogP contribution in [-0.2, 0) is 4.74 Å². The standard InChI is InChI=1S/C12H15BrFNO3/c1-18-7-9(16)4-5-15-12(17)10-3-2-8(13)6-11(10)14/h2-3,6,9,16H,4-5,7H2,1H3,(H,15,17).